The monoisotopic (exact) mass is 379 g/mol. The number of aromatic nitrogens is 1. The van der Waals surface area contributed by atoms with Crippen molar-refractivity contribution in [3.05, 3.63) is 75.8 Å². The highest BCUT2D eigenvalue weighted by Crippen LogP contribution is 2.23. The molecule has 1 heterocycles. The second-order valence-electron chi connectivity index (χ2n) is 6.46. The number of amides is 2. The minimum Gasteiger partial charge on any atom is -0.325 e. The molecule has 2 amide bonds. The first-order valence-electron chi connectivity index (χ1n) is 8.61. The van der Waals surface area contributed by atoms with Crippen molar-refractivity contribution >= 4 is 34.0 Å². The number of hydrogen-bond donors (Lipinski definition) is 2. The third-order valence-electron chi connectivity index (χ3n) is 4.09. The summed E-state index contributed by atoms with van der Waals surface area (Å²) in [5.74, 6) is -0.344. The van der Waals surface area contributed by atoms with E-state index >= 15 is 0 Å². The van der Waals surface area contributed by atoms with Crippen LogP contribution in [-0.2, 0) is 11.2 Å². The number of anilines is 2. The Hall–Kier alpha value is -2.99. The Morgan fingerprint density at radius 3 is 2.33 bits per heavy atom. The van der Waals surface area contributed by atoms with Crippen molar-refractivity contribution in [3.63, 3.8) is 0 Å². The van der Waals surface area contributed by atoms with E-state index in [4.69, 9.17) is 0 Å². The standard InChI is InChI=1S/C21H21N3O2S/c1-13-9-14(2)19(15(3)10-13)23-18(25)11-17-12-27-21(22-17)24-20(26)16-7-5-4-6-8-16/h4-10,12H,11H2,1-3H3,(H,23,25)(H,22,24,26). The van der Waals surface area contributed by atoms with E-state index in [2.05, 4.69) is 15.6 Å². The Morgan fingerprint density at radius 2 is 1.67 bits per heavy atom. The van der Waals surface area contributed by atoms with Crippen LogP contribution in [0.4, 0.5) is 10.8 Å². The molecule has 3 aromatic rings. The number of thiazole rings is 1. The molecule has 0 fully saturated rings. The van der Waals surface area contributed by atoms with E-state index in [0.29, 0.717) is 16.4 Å². The van der Waals surface area contributed by atoms with Gasteiger partial charge in [0.1, 0.15) is 0 Å². The maximum absolute atomic E-state index is 12.4. The number of aryl methyl sites for hydroxylation is 3. The van der Waals surface area contributed by atoms with Gasteiger partial charge < -0.3 is 5.32 Å². The molecule has 2 N–H and O–H groups in total. The molecule has 2 aromatic carbocycles. The number of carbonyl (C=O) groups excluding carboxylic acids is 2. The number of nitrogens with one attached hydrogen (secondary N) is 2. The summed E-state index contributed by atoms with van der Waals surface area (Å²) in [5, 5.41) is 8.00. The average molecular weight is 379 g/mol. The number of hydrogen-bond acceptors (Lipinski definition) is 4. The first kappa shape index (κ1) is 18.8. The summed E-state index contributed by atoms with van der Waals surface area (Å²) in [6, 6.07) is 13.0. The highest BCUT2D eigenvalue weighted by Gasteiger charge is 2.13. The summed E-state index contributed by atoms with van der Waals surface area (Å²) >= 11 is 1.31. The largest absolute Gasteiger partial charge is 0.325 e. The summed E-state index contributed by atoms with van der Waals surface area (Å²) in [6.45, 7) is 6.00. The Morgan fingerprint density at radius 1 is 1.00 bits per heavy atom. The van der Waals surface area contributed by atoms with Gasteiger partial charge in [-0.05, 0) is 44.0 Å². The summed E-state index contributed by atoms with van der Waals surface area (Å²) in [5.41, 5.74) is 5.28. The van der Waals surface area contributed by atoms with Gasteiger partial charge in [-0.15, -0.1) is 11.3 Å². The highest BCUT2D eigenvalue weighted by atomic mass is 32.1. The van der Waals surface area contributed by atoms with Crippen LogP contribution in [0, 0.1) is 20.8 Å². The van der Waals surface area contributed by atoms with Gasteiger partial charge in [0.15, 0.2) is 5.13 Å². The van der Waals surface area contributed by atoms with Crippen LogP contribution in [0.2, 0.25) is 0 Å². The Balaban J connectivity index is 1.62. The third-order valence-corrected chi connectivity index (χ3v) is 4.90. The minimum atomic E-state index is -0.216. The van der Waals surface area contributed by atoms with Gasteiger partial charge in [0.2, 0.25) is 5.91 Å². The van der Waals surface area contributed by atoms with Crippen LogP contribution in [0.25, 0.3) is 0 Å². The van der Waals surface area contributed by atoms with Crippen molar-refractivity contribution < 1.29 is 9.59 Å². The molecule has 27 heavy (non-hydrogen) atoms. The highest BCUT2D eigenvalue weighted by molar-refractivity contribution is 7.14. The van der Waals surface area contributed by atoms with Gasteiger partial charge in [-0.1, -0.05) is 35.9 Å². The van der Waals surface area contributed by atoms with Crippen LogP contribution in [0.1, 0.15) is 32.7 Å². The van der Waals surface area contributed by atoms with Crippen LogP contribution in [0.15, 0.2) is 47.8 Å². The first-order valence-corrected chi connectivity index (χ1v) is 9.49. The molecule has 3 rings (SSSR count). The van der Waals surface area contributed by atoms with Gasteiger partial charge in [-0.25, -0.2) is 4.98 Å². The van der Waals surface area contributed by atoms with Crippen molar-refractivity contribution in [3.8, 4) is 0 Å². The van der Waals surface area contributed by atoms with E-state index in [0.717, 1.165) is 16.8 Å². The van der Waals surface area contributed by atoms with Gasteiger partial charge in [0.25, 0.3) is 5.91 Å². The summed E-state index contributed by atoms with van der Waals surface area (Å²) in [4.78, 5) is 28.9. The molecule has 6 heteroatoms. The van der Waals surface area contributed by atoms with E-state index in [-0.39, 0.29) is 18.2 Å². The van der Waals surface area contributed by atoms with Crippen LogP contribution >= 0.6 is 11.3 Å². The molecule has 1 aromatic heterocycles. The molecule has 5 nitrogen and oxygen atoms in total. The Labute approximate surface area is 162 Å². The van der Waals surface area contributed by atoms with Gasteiger partial charge in [-0.2, -0.15) is 0 Å². The van der Waals surface area contributed by atoms with E-state index in [9.17, 15) is 9.59 Å². The molecule has 0 unspecified atom stereocenters. The fourth-order valence-electron chi connectivity index (χ4n) is 2.93. The lowest BCUT2D eigenvalue weighted by Gasteiger charge is -2.12. The normalized spacial score (nSPS) is 10.5. The quantitative estimate of drug-likeness (QED) is 0.685. The zero-order chi connectivity index (χ0) is 19.4. The van der Waals surface area contributed by atoms with E-state index in [1.54, 1.807) is 17.5 Å². The maximum atomic E-state index is 12.4. The Kier molecular flexibility index (Phi) is 5.66. The summed E-state index contributed by atoms with van der Waals surface area (Å²) in [6.07, 6.45) is 0.157. The third kappa shape index (κ3) is 4.80. The molecule has 0 saturated heterocycles. The molecule has 138 valence electrons. The molecule has 0 aliphatic heterocycles. The molecule has 0 saturated carbocycles. The van der Waals surface area contributed by atoms with Crippen molar-refractivity contribution in [2.45, 2.75) is 27.2 Å². The van der Waals surface area contributed by atoms with E-state index in [1.807, 2.05) is 51.1 Å². The lowest BCUT2D eigenvalue weighted by molar-refractivity contribution is -0.115. The molecule has 0 spiro atoms. The lowest BCUT2D eigenvalue weighted by atomic mass is 10.0. The van der Waals surface area contributed by atoms with E-state index in [1.165, 1.54) is 16.9 Å². The molecule has 0 aliphatic rings. The SMILES string of the molecule is Cc1cc(C)c(NC(=O)Cc2csc(NC(=O)c3ccccc3)n2)c(C)c1. The summed E-state index contributed by atoms with van der Waals surface area (Å²) in [7, 11) is 0. The summed E-state index contributed by atoms with van der Waals surface area (Å²) < 4.78 is 0. The molecule has 0 radical (unpaired) electrons. The fourth-order valence-corrected chi connectivity index (χ4v) is 3.63. The second kappa shape index (κ2) is 8.14. The van der Waals surface area contributed by atoms with Crippen molar-refractivity contribution in [1.29, 1.82) is 0 Å². The van der Waals surface area contributed by atoms with Crippen LogP contribution in [0.5, 0.6) is 0 Å². The smallest absolute Gasteiger partial charge is 0.257 e. The number of rotatable bonds is 5. The van der Waals surface area contributed by atoms with Gasteiger partial charge >= 0.3 is 0 Å². The zero-order valence-corrected chi connectivity index (χ0v) is 16.3. The number of carbonyl (C=O) groups is 2. The van der Waals surface area contributed by atoms with Crippen LogP contribution in [-0.4, -0.2) is 16.8 Å². The average Bonchev–Trinajstić information content (AvgIpc) is 3.05. The van der Waals surface area contributed by atoms with Crippen LogP contribution in [0.3, 0.4) is 0 Å². The molecular formula is C21H21N3O2S. The first-order chi connectivity index (χ1) is 12.9. The topological polar surface area (TPSA) is 71.1 Å². The van der Waals surface area contributed by atoms with Gasteiger partial charge in [-0.3, -0.25) is 14.9 Å². The van der Waals surface area contributed by atoms with Crippen molar-refractivity contribution in [2.75, 3.05) is 10.6 Å². The molecule has 0 bridgehead atoms. The minimum absolute atomic E-state index is 0.128. The second-order valence-corrected chi connectivity index (χ2v) is 7.32. The lowest BCUT2D eigenvalue weighted by Crippen LogP contribution is -2.16. The van der Waals surface area contributed by atoms with Crippen LogP contribution < -0.4 is 10.6 Å². The Bertz CT molecular complexity index is 957. The van der Waals surface area contributed by atoms with Crippen molar-refractivity contribution in [1.82, 2.24) is 4.98 Å². The van der Waals surface area contributed by atoms with Crippen molar-refractivity contribution in [2.24, 2.45) is 0 Å². The molecule has 0 aliphatic carbocycles. The van der Waals surface area contributed by atoms with E-state index < -0.39 is 0 Å². The fraction of sp³-hybridized carbons (Fsp3) is 0.190. The maximum Gasteiger partial charge on any atom is 0.257 e. The zero-order valence-electron chi connectivity index (χ0n) is 15.5. The predicted octanol–water partition coefficient (Wildman–Crippen LogP) is 4.50. The number of benzene rings is 2. The molecular weight excluding hydrogens is 358 g/mol. The molecule has 0 atom stereocenters. The predicted molar refractivity (Wildman–Crippen MR) is 109 cm³/mol. The van der Waals surface area contributed by atoms with Gasteiger partial charge in [0, 0.05) is 16.6 Å². The number of nitrogens with zero attached hydrogens (tertiary/aromatic N) is 1. The van der Waals surface area contributed by atoms with Gasteiger partial charge in [0.05, 0.1) is 12.1 Å².